The first-order chi connectivity index (χ1) is 11.9. The van der Waals surface area contributed by atoms with Gasteiger partial charge in [0.2, 0.25) is 0 Å². The average molecular weight is 350 g/mol. The first kappa shape index (κ1) is 20.1. The van der Waals surface area contributed by atoms with Gasteiger partial charge in [-0.05, 0) is 44.5 Å². The Morgan fingerprint density at radius 1 is 1.08 bits per heavy atom. The largest absolute Gasteiger partial charge is 0.508 e. The standard InChI is InChI=1S/C17H22N2O6/c1-4-13(16(22)24-5-2)14(17(23)25-6-3)18-19-15(21)11-7-9-12(20)10-8-11/h7-10,13,20H,4-6H2,1-3H3,(H,19,21)/b18-14+. The second kappa shape index (κ2) is 10.1. The predicted octanol–water partition coefficient (Wildman–Crippen LogP) is 1.63. The number of carbonyl (C=O) groups is 3. The number of aromatic hydroxyl groups is 1. The van der Waals surface area contributed by atoms with Gasteiger partial charge in [-0.1, -0.05) is 6.92 Å². The number of phenolic OH excluding ortho intramolecular Hbond substituents is 1. The van der Waals surface area contributed by atoms with Crippen molar-refractivity contribution in [3.05, 3.63) is 29.8 Å². The number of nitrogens with one attached hydrogen (secondary N) is 1. The van der Waals surface area contributed by atoms with Crippen molar-refractivity contribution in [2.24, 2.45) is 11.0 Å². The monoisotopic (exact) mass is 350 g/mol. The fourth-order valence-electron chi connectivity index (χ4n) is 1.97. The summed E-state index contributed by atoms with van der Waals surface area (Å²) in [6.07, 6.45) is 0.256. The summed E-state index contributed by atoms with van der Waals surface area (Å²) < 4.78 is 9.85. The van der Waals surface area contributed by atoms with Gasteiger partial charge in [0, 0.05) is 5.56 Å². The number of rotatable bonds is 8. The Morgan fingerprint density at radius 2 is 1.68 bits per heavy atom. The lowest BCUT2D eigenvalue weighted by molar-refractivity contribution is -0.147. The quantitative estimate of drug-likeness (QED) is 0.418. The molecule has 0 aliphatic carbocycles. The average Bonchev–Trinajstić information content (AvgIpc) is 2.59. The van der Waals surface area contributed by atoms with Crippen LogP contribution in [0.25, 0.3) is 0 Å². The lowest BCUT2D eigenvalue weighted by Gasteiger charge is -2.15. The lowest BCUT2D eigenvalue weighted by Crippen LogP contribution is -2.35. The molecule has 0 heterocycles. The zero-order valence-electron chi connectivity index (χ0n) is 14.4. The number of nitrogens with zero attached hydrogens (tertiary/aromatic N) is 1. The van der Waals surface area contributed by atoms with E-state index in [0.29, 0.717) is 0 Å². The van der Waals surface area contributed by atoms with Gasteiger partial charge in [0.05, 0.1) is 13.2 Å². The summed E-state index contributed by atoms with van der Waals surface area (Å²) in [5, 5.41) is 13.0. The molecule has 8 heteroatoms. The van der Waals surface area contributed by atoms with Crippen LogP contribution in [0.2, 0.25) is 0 Å². The van der Waals surface area contributed by atoms with Gasteiger partial charge in [0.1, 0.15) is 11.7 Å². The highest BCUT2D eigenvalue weighted by Gasteiger charge is 2.31. The molecular weight excluding hydrogens is 328 g/mol. The maximum atomic E-state index is 12.1. The Balaban J connectivity index is 3.03. The van der Waals surface area contributed by atoms with Crippen LogP contribution in [0.15, 0.2) is 29.4 Å². The molecule has 0 saturated heterocycles. The van der Waals surface area contributed by atoms with Crippen LogP contribution in [0.1, 0.15) is 37.6 Å². The van der Waals surface area contributed by atoms with E-state index in [-0.39, 0.29) is 36.7 Å². The molecule has 1 aromatic rings. The number of phenols is 1. The third-order valence-electron chi connectivity index (χ3n) is 3.20. The van der Waals surface area contributed by atoms with E-state index in [1.54, 1.807) is 20.8 Å². The van der Waals surface area contributed by atoms with Crippen molar-refractivity contribution < 1.29 is 29.0 Å². The minimum Gasteiger partial charge on any atom is -0.508 e. The molecule has 136 valence electrons. The number of hydrazone groups is 1. The zero-order valence-corrected chi connectivity index (χ0v) is 14.4. The van der Waals surface area contributed by atoms with E-state index in [2.05, 4.69) is 10.5 Å². The fraction of sp³-hybridized carbons (Fsp3) is 0.412. The molecule has 1 unspecified atom stereocenters. The number of benzene rings is 1. The van der Waals surface area contributed by atoms with Crippen molar-refractivity contribution in [2.45, 2.75) is 27.2 Å². The van der Waals surface area contributed by atoms with E-state index in [9.17, 15) is 19.5 Å². The first-order valence-corrected chi connectivity index (χ1v) is 7.95. The smallest absolute Gasteiger partial charge is 0.355 e. The third kappa shape index (κ3) is 5.91. The molecule has 25 heavy (non-hydrogen) atoms. The normalized spacial score (nSPS) is 12.2. The number of hydrogen-bond acceptors (Lipinski definition) is 7. The summed E-state index contributed by atoms with van der Waals surface area (Å²) in [4.78, 5) is 36.2. The number of ether oxygens (including phenoxy) is 2. The van der Waals surface area contributed by atoms with Gasteiger partial charge in [-0.25, -0.2) is 10.2 Å². The highest BCUT2D eigenvalue weighted by molar-refractivity contribution is 6.40. The summed E-state index contributed by atoms with van der Waals surface area (Å²) in [5.74, 6) is -2.94. The Hall–Kier alpha value is -2.90. The SMILES string of the molecule is CCOC(=O)/C(=N/NC(=O)c1ccc(O)cc1)C(CC)C(=O)OCC. The van der Waals surface area contributed by atoms with Crippen LogP contribution in [0.5, 0.6) is 5.75 Å². The van der Waals surface area contributed by atoms with Gasteiger partial charge in [0.15, 0.2) is 5.71 Å². The molecule has 1 amide bonds. The maximum absolute atomic E-state index is 12.1. The number of carbonyl (C=O) groups excluding carboxylic acids is 3. The van der Waals surface area contributed by atoms with Crippen molar-refractivity contribution in [3.8, 4) is 5.75 Å². The van der Waals surface area contributed by atoms with Gasteiger partial charge in [-0.15, -0.1) is 0 Å². The topological polar surface area (TPSA) is 114 Å². The van der Waals surface area contributed by atoms with E-state index in [0.717, 1.165) is 0 Å². The van der Waals surface area contributed by atoms with Crippen molar-refractivity contribution >= 4 is 23.6 Å². The molecule has 1 atom stereocenters. The highest BCUT2D eigenvalue weighted by Crippen LogP contribution is 2.12. The summed E-state index contributed by atoms with van der Waals surface area (Å²) in [6, 6.07) is 5.48. The van der Waals surface area contributed by atoms with Crippen molar-refractivity contribution in [2.75, 3.05) is 13.2 Å². The fourth-order valence-corrected chi connectivity index (χ4v) is 1.97. The molecule has 0 spiro atoms. The first-order valence-electron chi connectivity index (χ1n) is 7.95. The summed E-state index contributed by atoms with van der Waals surface area (Å²) >= 11 is 0. The van der Waals surface area contributed by atoms with Gasteiger partial charge in [-0.2, -0.15) is 5.10 Å². The summed E-state index contributed by atoms with van der Waals surface area (Å²) in [7, 11) is 0. The summed E-state index contributed by atoms with van der Waals surface area (Å²) in [6.45, 7) is 5.22. The molecule has 1 aromatic carbocycles. The molecule has 0 bridgehead atoms. The predicted molar refractivity (Wildman–Crippen MR) is 90.1 cm³/mol. The Kier molecular flexibility index (Phi) is 8.11. The van der Waals surface area contributed by atoms with Crippen LogP contribution >= 0.6 is 0 Å². The molecule has 1 rings (SSSR count). The second-order valence-corrected chi connectivity index (χ2v) is 4.92. The van der Waals surface area contributed by atoms with Gasteiger partial charge < -0.3 is 14.6 Å². The molecule has 0 fully saturated rings. The Labute approximate surface area is 145 Å². The van der Waals surface area contributed by atoms with Gasteiger partial charge in [-0.3, -0.25) is 9.59 Å². The summed E-state index contributed by atoms with van der Waals surface area (Å²) in [5.41, 5.74) is 2.23. The van der Waals surface area contributed by atoms with Crippen LogP contribution in [-0.4, -0.2) is 41.9 Å². The molecule has 0 aromatic heterocycles. The minimum absolute atomic E-state index is 0.0145. The van der Waals surface area contributed by atoms with Crippen LogP contribution in [-0.2, 0) is 19.1 Å². The second-order valence-electron chi connectivity index (χ2n) is 4.92. The van der Waals surface area contributed by atoms with Crippen LogP contribution in [0.4, 0.5) is 0 Å². The number of esters is 2. The van der Waals surface area contributed by atoms with E-state index in [1.807, 2.05) is 0 Å². The highest BCUT2D eigenvalue weighted by atomic mass is 16.5. The van der Waals surface area contributed by atoms with Crippen molar-refractivity contribution in [1.82, 2.24) is 5.43 Å². The third-order valence-corrected chi connectivity index (χ3v) is 3.20. The molecular formula is C17H22N2O6. The molecule has 8 nitrogen and oxygen atoms in total. The minimum atomic E-state index is -0.945. The number of amides is 1. The molecule has 0 aliphatic rings. The van der Waals surface area contributed by atoms with E-state index < -0.39 is 23.8 Å². The Bertz CT molecular complexity index is 639. The van der Waals surface area contributed by atoms with Gasteiger partial charge in [0.25, 0.3) is 5.91 Å². The Morgan fingerprint density at radius 3 is 2.20 bits per heavy atom. The molecule has 2 N–H and O–H groups in total. The van der Waals surface area contributed by atoms with E-state index >= 15 is 0 Å². The van der Waals surface area contributed by atoms with Crippen molar-refractivity contribution in [3.63, 3.8) is 0 Å². The van der Waals surface area contributed by atoms with Crippen LogP contribution < -0.4 is 5.43 Å². The molecule has 0 aliphatic heterocycles. The zero-order chi connectivity index (χ0) is 18.8. The van der Waals surface area contributed by atoms with Crippen molar-refractivity contribution in [1.29, 1.82) is 0 Å². The molecule has 0 saturated carbocycles. The maximum Gasteiger partial charge on any atom is 0.355 e. The molecule has 0 radical (unpaired) electrons. The lowest BCUT2D eigenvalue weighted by atomic mass is 10.0. The number of hydrogen-bond donors (Lipinski definition) is 2. The van der Waals surface area contributed by atoms with E-state index in [4.69, 9.17) is 9.47 Å². The van der Waals surface area contributed by atoms with Gasteiger partial charge >= 0.3 is 11.9 Å². The van der Waals surface area contributed by atoms with E-state index in [1.165, 1.54) is 24.3 Å². The van der Waals surface area contributed by atoms with Crippen LogP contribution in [0, 0.1) is 5.92 Å². The van der Waals surface area contributed by atoms with Crippen LogP contribution in [0.3, 0.4) is 0 Å².